The average molecular weight is 264 g/mol. The molecule has 0 aliphatic carbocycles. The van der Waals surface area contributed by atoms with Gasteiger partial charge in [-0.15, -0.1) is 0 Å². The second-order valence-corrected chi connectivity index (χ2v) is 3.73. The maximum absolute atomic E-state index is 12.4. The van der Waals surface area contributed by atoms with E-state index in [1.165, 1.54) is 6.07 Å². The first-order chi connectivity index (χ1) is 8.21. The van der Waals surface area contributed by atoms with Gasteiger partial charge in [-0.25, -0.2) is 0 Å². The minimum absolute atomic E-state index is 0.182. The van der Waals surface area contributed by atoms with E-state index >= 15 is 0 Å². The lowest BCUT2D eigenvalue weighted by molar-refractivity contribution is -0.141. The molecule has 0 aliphatic rings. The number of carbonyl (C=O) groups is 1. The second-order valence-electron chi connectivity index (χ2n) is 3.73. The fraction of sp³-hybridized carbons (Fsp3) is 0.364. The highest BCUT2D eigenvalue weighted by atomic mass is 19.4. The number of aliphatic carboxylic acids is 1. The Morgan fingerprint density at radius 3 is 2.39 bits per heavy atom. The number of halogens is 3. The van der Waals surface area contributed by atoms with Crippen molar-refractivity contribution in [3.05, 3.63) is 35.4 Å². The van der Waals surface area contributed by atoms with Crippen LogP contribution >= 0.6 is 0 Å². The van der Waals surface area contributed by atoms with Crippen LogP contribution in [0.5, 0.6) is 0 Å². The largest absolute Gasteiger partial charge is 0.481 e. The van der Waals surface area contributed by atoms with Crippen molar-refractivity contribution in [3.8, 4) is 0 Å². The molecular weight excluding hydrogens is 253 g/mol. The molecule has 0 heterocycles. The van der Waals surface area contributed by atoms with Gasteiger partial charge in [0.25, 0.3) is 0 Å². The van der Waals surface area contributed by atoms with E-state index in [4.69, 9.17) is 5.11 Å². The van der Waals surface area contributed by atoms with E-state index in [2.05, 4.69) is 0 Å². The first-order valence-electron chi connectivity index (χ1n) is 4.97. The first kappa shape index (κ1) is 14.5. The Morgan fingerprint density at radius 2 is 1.89 bits per heavy atom. The molecule has 0 spiro atoms. The molecule has 0 saturated heterocycles. The summed E-state index contributed by atoms with van der Waals surface area (Å²) in [6.07, 6.45) is -8.65. The highest BCUT2D eigenvalue weighted by molar-refractivity contribution is 5.67. The van der Waals surface area contributed by atoms with E-state index in [1.807, 2.05) is 0 Å². The summed E-state index contributed by atoms with van der Waals surface area (Å²) in [6, 6.07) is 3.76. The van der Waals surface area contributed by atoms with Gasteiger partial charge in [0.2, 0.25) is 0 Å². The molecule has 0 bridgehead atoms. The van der Waals surface area contributed by atoms with Crippen molar-refractivity contribution in [3.63, 3.8) is 0 Å². The lowest BCUT2D eigenvalue weighted by Crippen LogP contribution is -2.22. The molecule has 1 aromatic carbocycles. The lowest BCUT2D eigenvalue weighted by Gasteiger charge is -2.17. The first-order valence-corrected chi connectivity index (χ1v) is 4.97. The minimum atomic E-state index is -4.56. The second kappa shape index (κ2) is 5.36. The maximum Gasteiger partial charge on any atom is 0.416 e. The molecule has 0 aromatic heterocycles. The highest BCUT2D eigenvalue weighted by Crippen LogP contribution is 2.31. The average Bonchev–Trinajstić information content (AvgIpc) is 2.26. The van der Waals surface area contributed by atoms with Crippen LogP contribution < -0.4 is 0 Å². The van der Waals surface area contributed by atoms with Gasteiger partial charge in [-0.1, -0.05) is 12.1 Å². The Balaban J connectivity index is 2.93. The fourth-order valence-electron chi connectivity index (χ4n) is 1.41. The molecule has 7 heteroatoms. The van der Waals surface area contributed by atoms with Crippen LogP contribution in [0.15, 0.2) is 24.3 Å². The Bertz CT molecular complexity index is 431. The Labute approximate surface area is 100 Å². The van der Waals surface area contributed by atoms with Gasteiger partial charge in [0, 0.05) is 0 Å². The number of rotatable bonds is 4. The van der Waals surface area contributed by atoms with E-state index in [-0.39, 0.29) is 5.56 Å². The molecule has 0 aliphatic heterocycles. The summed E-state index contributed by atoms with van der Waals surface area (Å²) in [7, 11) is 0. The smallest absolute Gasteiger partial charge is 0.416 e. The number of benzene rings is 1. The molecule has 100 valence electrons. The topological polar surface area (TPSA) is 77.8 Å². The third-order valence-corrected chi connectivity index (χ3v) is 2.30. The summed E-state index contributed by atoms with van der Waals surface area (Å²) in [6.45, 7) is 0. The molecule has 1 rings (SSSR count). The quantitative estimate of drug-likeness (QED) is 0.771. The molecular formula is C11H11F3O4. The van der Waals surface area contributed by atoms with Crippen molar-refractivity contribution in [2.24, 2.45) is 0 Å². The van der Waals surface area contributed by atoms with E-state index < -0.39 is 36.3 Å². The Kier molecular flexibility index (Phi) is 4.31. The van der Waals surface area contributed by atoms with Gasteiger partial charge in [0.15, 0.2) is 0 Å². The van der Waals surface area contributed by atoms with Gasteiger partial charge in [-0.3, -0.25) is 4.79 Å². The molecule has 4 nitrogen and oxygen atoms in total. The number of alkyl halides is 3. The van der Waals surface area contributed by atoms with Crippen LogP contribution in [0.4, 0.5) is 13.2 Å². The molecule has 3 N–H and O–H groups in total. The highest BCUT2D eigenvalue weighted by Gasteiger charge is 2.31. The maximum atomic E-state index is 12.4. The summed E-state index contributed by atoms with van der Waals surface area (Å²) in [5.74, 6) is -1.35. The predicted octanol–water partition coefficient (Wildman–Crippen LogP) is 1.57. The molecule has 0 fully saturated rings. The minimum Gasteiger partial charge on any atom is -0.481 e. The van der Waals surface area contributed by atoms with Crippen molar-refractivity contribution in [1.29, 1.82) is 0 Å². The van der Waals surface area contributed by atoms with Crippen molar-refractivity contribution >= 4 is 5.97 Å². The van der Waals surface area contributed by atoms with Crippen molar-refractivity contribution in [2.45, 2.75) is 24.8 Å². The van der Waals surface area contributed by atoms with Gasteiger partial charge < -0.3 is 15.3 Å². The SMILES string of the molecule is O=C(O)CC(O)C(O)c1cccc(C(F)(F)F)c1. The fourth-order valence-corrected chi connectivity index (χ4v) is 1.41. The third-order valence-electron chi connectivity index (χ3n) is 2.30. The van der Waals surface area contributed by atoms with E-state index in [0.29, 0.717) is 6.07 Å². The van der Waals surface area contributed by atoms with Crippen LogP contribution in [-0.2, 0) is 11.0 Å². The van der Waals surface area contributed by atoms with Crippen LogP contribution in [-0.4, -0.2) is 27.4 Å². The summed E-state index contributed by atoms with van der Waals surface area (Å²) in [5.41, 5.74) is -1.15. The number of aliphatic hydroxyl groups excluding tert-OH is 2. The normalized spacial score (nSPS) is 15.2. The van der Waals surface area contributed by atoms with Gasteiger partial charge in [-0.2, -0.15) is 13.2 Å². The molecule has 2 unspecified atom stereocenters. The van der Waals surface area contributed by atoms with Gasteiger partial charge >= 0.3 is 12.1 Å². The van der Waals surface area contributed by atoms with E-state index in [1.54, 1.807) is 0 Å². The zero-order valence-electron chi connectivity index (χ0n) is 9.05. The number of carboxylic acids is 1. The standard InChI is InChI=1S/C11H11F3O4/c12-11(13,14)7-3-1-2-6(4-7)10(18)8(15)5-9(16)17/h1-4,8,10,15,18H,5H2,(H,16,17). The number of hydrogen-bond acceptors (Lipinski definition) is 3. The molecule has 0 saturated carbocycles. The molecule has 18 heavy (non-hydrogen) atoms. The van der Waals surface area contributed by atoms with Crippen LogP contribution in [0.25, 0.3) is 0 Å². The summed E-state index contributed by atoms with van der Waals surface area (Å²) >= 11 is 0. The van der Waals surface area contributed by atoms with Gasteiger partial charge in [0.1, 0.15) is 6.10 Å². The lowest BCUT2D eigenvalue weighted by atomic mass is 10.00. The molecule has 0 radical (unpaired) electrons. The number of hydrogen-bond donors (Lipinski definition) is 3. The Hall–Kier alpha value is -1.60. The predicted molar refractivity (Wildman–Crippen MR) is 54.7 cm³/mol. The van der Waals surface area contributed by atoms with Crippen molar-refractivity contribution in [1.82, 2.24) is 0 Å². The van der Waals surface area contributed by atoms with Crippen molar-refractivity contribution < 1.29 is 33.3 Å². The Morgan fingerprint density at radius 1 is 1.28 bits per heavy atom. The summed E-state index contributed by atoms with van der Waals surface area (Å²) in [4.78, 5) is 10.3. The molecule has 2 atom stereocenters. The van der Waals surface area contributed by atoms with E-state index in [0.717, 1.165) is 12.1 Å². The zero-order valence-corrected chi connectivity index (χ0v) is 9.05. The van der Waals surface area contributed by atoms with Gasteiger partial charge in [0.05, 0.1) is 18.1 Å². The van der Waals surface area contributed by atoms with Crippen LogP contribution in [0.2, 0.25) is 0 Å². The summed E-state index contributed by atoms with van der Waals surface area (Å²) < 4.78 is 37.2. The van der Waals surface area contributed by atoms with Crippen molar-refractivity contribution in [2.75, 3.05) is 0 Å². The van der Waals surface area contributed by atoms with E-state index in [9.17, 15) is 28.2 Å². The summed E-state index contributed by atoms with van der Waals surface area (Å²) in [5, 5.41) is 27.3. The monoisotopic (exact) mass is 264 g/mol. The molecule has 0 amide bonds. The molecule has 1 aromatic rings. The van der Waals surface area contributed by atoms with Gasteiger partial charge in [-0.05, 0) is 17.7 Å². The third kappa shape index (κ3) is 3.71. The van der Waals surface area contributed by atoms with Crippen LogP contribution in [0.1, 0.15) is 23.7 Å². The number of aliphatic hydroxyl groups is 2. The number of carboxylic acid groups (broad SMARTS) is 1. The van der Waals surface area contributed by atoms with Crippen LogP contribution in [0.3, 0.4) is 0 Å². The van der Waals surface area contributed by atoms with Crippen LogP contribution in [0, 0.1) is 0 Å². The zero-order chi connectivity index (χ0) is 13.9.